The minimum atomic E-state index is -0.988. The highest BCUT2D eigenvalue weighted by molar-refractivity contribution is 8.13. The molecule has 4 atom stereocenters. The lowest BCUT2D eigenvalue weighted by molar-refractivity contribution is -0.294. The Morgan fingerprint density at radius 3 is 2.69 bits per heavy atom. The van der Waals surface area contributed by atoms with Crippen molar-refractivity contribution in [3.05, 3.63) is 53.6 Å². The van der Waals surface area contributed by atoms with Crippen LogP contribution < -0.4 is 10.1 Å². The zero-order chi connectivity index (χ0) is 25.5. The minimum Gasteiger partial charge on any atom is -0.497 e. The molecule has 196 valence electrons. The average molecular weight is 515 g/mol. The van der Waals surface area contributed by atoms with E-state index in [1.807, 2.05) is 36.1 Å². The largest absolute Gasteiger partial charge is 0.497 e. The average Bonchev–Trinajstić information content (AvgIpc) is 3.23. The van der Waals surface area contributed by atoms with Gasteiger partial charge in [0.25, 0.3) is 5.24 Å². The number of fused-ring (bicyclic) bond motifs is 2. The zero-order valence-electron chi connectivity index (χ0n) is 21.5. The molecule has 7 nitrogen and oxygen atoms in total. The van der Waals surface area contributed by atoms with Crippen LogP contribution in [-0.4, -0.2) is 60.0 Å². The van der Waals surface area contributed by atoms with Crippen LogP contribution in [0.15, 0.2) is 48.1 Å². The number of hydrogen-bond donors (Lipinski definition) is 1. The van der Waals surface area contributed by atoms with Crippen LogP contribution in [0.3, 0.4) is 0 Å². The summed E-state index contributed by atoms with van der Waals surface area (Å²) in [6.45, 7) is 2.47. The van der Waals surface area contributed by atoms with Crippen molar-refractivity contribution in [2.75, 3.05) is 20.0 Å². The smallest absolute Gasteiger partial charge is 0.282 e. The molecule has 0 aromatic heterocycles. The molecule has 0 unspecified atom stereocenters. The van der Waals surface area contributed by atoms with Gasteiger partial charge in [-0.3, -0.25) is 9.59 Å². The van der Waals surface area contributed by atoms with Gasteiger partial charge in [0.1, 0.15) is 5.75 Å². The number of nitrogens with one attached hydrogen (secondary N) is 1. The first-order valence-corrected chi connectivity index (χ1v) is 13.8. The van der Waals surface area contributed by atoms with Crippen molar-refractivity contribution in [1.82, 2.24) is 10.2 Å². The van der Waals surface area contributed by atoms with E-state index in [0.29, 0.717) is 18.7 Å². The van der Waals surface area contributed by atoms with Crippen LogP contribution in [0, 0.1) is 0 Å². The molecule has 1 aromatic rings. The first-order chi connectivity index (χ1) is 17.4. The standard InChI is InChI=1S/C28H38N2O5S/c1-20-9-7-5-4-6-8-10-24-16-22(29-26(31)15-20)17-28(34-3,35-24)25-19-36-27(32)30(25)18-21-11-13-23(33-2)14-12-21/h4-5,11-15,22,24-25H,6-10,16-19H2,1-3H3,(H,29,31)/b5-4-,20-15-/t22-,24-,25+,28-/m1/s1. The molecule has 1 aromatic carbocycles. The number of thioether (sulfide) groups is 1. The molecule has 1 N–H and O–H groups in total. The van der Waals surface area contributed by atoms with E-state index in [9.17, 15) is 9.59 Å². The second kappa shape index (κ2) is 12.3. The van der Waals surface area contributed by atoms with Crippen LogP contribution in [0.4, 0.5) is 4.79 Å². The van der Waals surface area contributed by atoms with Gasteiger partial charge in [-0.05, 0) is 63.1 Å². The number of ether oxygens (including phenoxy) is 3. The van der Waals surface area contributed by atoms with Crippen LogP contribution >= 0.6 is 11.8 Å². The predicted molar refractivity (Wildman–Crippen MR) is 142 cm³/mol. The Hall–Kier alpha value is -2.29. The number of rotatable bonds is 5. The van der Waals surface area contributed by atoms with Crippen molar-refractivity contribution < 1.29 is 23.8 Å². The lowest BCUT2D eigenvalue weighted by Gasteiger charge is -2.48. The molecule has 0 aliphatic carbocycles. The van der Waals surface area contributed by atoms with Crippen molar-refractivity contribution in [3.63, 3.8) is 0 Å². The molecule has 3 aliphatic heterocycles. The van der Waals surface area contributed by atoms with Gasteiger partial charge in [-0.25, -0.2) is 0 Å². The Morgan fingerprint density at radius 1 is 1.17 bits per heavy atom. The third kappa shape index (κ3) is 6.52. The van der Waals surface area contributed by atoms with E-state index in [0.717, 1.165) is 55.4 Å². The van der Waals surface area contributed by atoms with Crippen molar-refractivity contribution in [2.45, 2.75) is 82.4 Å². The molecule has 3 heterocycles. The van der Waals surface area contributed by atoms with Crippen molar-refractivity contribution in [3.8, 4) is 5.75 Å². The summed E-state index contributed by atoms with van der Waals surface area (Å²) in [7, 11) is 3.30. The lowest BCUT2D eigenvalue weighted by atomic mass is 9.89. The second-order valence-electron chi connectivity index (χ2n) is 9.90. The zero-order valence-corrected chi connectivity index (χ0v) is 22.4. The van der Waals surface area contributed by atoms with Crippen LogP contribution in [0.5, 0.6) is 5.75 Å². The normalized spacial score (nSPS) is 32.2. The van der Waals surface area contributed by atoms with Gasteiger partial charge in [-0.15, -0.1) is 0 Å². The highest BCUT2D eigenvalue weighted by Gasteiger charge is 2.53. The molecular weight excluding hydrogens is 476 g/mol. The first-order valence-electron chi connectivity index (χ1n) is 12.8. The maximum atomic E-state index is 13.0. The minimum absolute atomic E-state index is 0.0180. The molecule has 2 bridgehead atoms. The lowest BCUT2D eigenvalue weighted by Crippen LogP contribution is -2.62. The number of methoxy groups -OCH3 is 2. The Bertz CT molecular complexity index is 979. The monoisotopic (exact) mass is 514 g/mol. The van der Waals surface area contributed by atoms with E-state index >= 15 is 0 Å². The summed E-state index contributed by atoms with van der Waals surface area (Å²) in [5, 5.41) is 3.23. The number of amides is 2. The highest BCUT2D eigenvalue weighted by Crippen LogP contribution is 2.42. The van der Waals surface area contributed by atoms with Crippen LogP contribution in [0.25, 0.3) is 0 Å². The molecule has 0 saturated carbocycles. The Balaban J connectivity index is 1.58. The third-order valence-electron chi connectivity index (χ3n) is 7.28. The molecule has 2 fully saturated rings. The summed E-state index contributed by atoms with van der Waals surface area (Å²) in [6, 6.07) is 7.41. The van der Waals surface area contributed by atoms with E-state index in [4.69, 9.17) is 14.2 Å². The fraction of sp³-hybridized carbons (Fsp3) is 0.571. The molecule has 2 saturated heterocycles. The molecule has 0 spiro atoms. The number of carbonyl (C=O) groups is 2. The van der Waals surface area contributed by atoms with Crippen LogP contribution in [-0.2, 0) is 20.8 Å². The maximum Gasteiger partial charge on any atom is 0.282 e. The fourth-order valence-electron chi connectivity index (χ4n) is 5.36. The van der Waals surface area contributed by atoms with E-state index in [1.54, 1.807) is 20.3 Å². The SMILES string of the molecule is COc1ccc(CN2C(=O)SC[C@H]2[C@@]2(OC)C[C@H]3C[C@@H](CCC/C=C\CC/C(C)=C\C(=O)N3)O2)cc1. The third-order valence-corrected chi connectivity index (χ3v) is 8.24. The van der Waals surface area contributed by atoms with Gasteiger partial charge in [0.05, 0.1) is 19.3 Å². The Kier molecular flexibility index (Phi) is 9.14. The highest BCUT2D eigenvalue weighted by atomic mass is 32.2. The molecule has 8 heteroatoms. The Morgan fingerprint density at radius 2 is 1.94 bits per heavy atom. The molecule has 4 rings (SSSR count). The molecular formula is C28H38N2O5S. The summed E-state index contributed by atoms with van der Waals surface area (Å²) in [4.78, 5) is 27.7. The number of hydrogen-bond acceptors (Lipinski definition) is 6. The summed E-state index contributed by atoms with van der Waals surface area (Å²) in [5.41, 5.74) is 2.08. The van der Waals surface area contributed by atoms with E-state index in [-0.39, 0.29) is 29.3 Å². The number of carbonyl (C=O) groups excluding carboxylic acids is 2. The van der Waals surface area contributed by atoms with E-state index in [2.05, 4.69) is 17.5 Å². The van der Waals surface area contributed by atoms with Gasteiger partial charge in [0.15, 0.2) is 5.79 Å². The predicted octanol–water partition coefficient (Wildman–Crippen LogP) is 5.21. The Labute approximate surface area is 218 Å². The summed E-state index contributed by atoms with van der Waals surface area (Å²) in [5.74, 6) is 0.300. The van der Waals surface area contributed by atoms with Gasteiger partial charge in [-0.2, -0.15) is 0 Å². The van der Waals surface area contributed by atoms with Gasteiger partial charge in [-0.1, -0.05) is 41.6 Å². The summed E-state index contributed by atoms with van der Waals surface area (Å²) in [6.07, 6.45) is 12.0. The second-order valence-corrected chi connectivity index (χ2v) is 10.9. The number of benzene rings is 1. The van der Waals surface area contributed by atoms with Crippen molar-refractivity contribution >= 4 is 22.9 Å². The van der Waals surface area contributed by atoms with Crippen molar-refractivity contribution in [2.24, 2.45) is 0 Å². The number of nitrogens with zero attached hydrogens (tertiary/aromatic N) is 1. The topological polar surface area (TPSA) is 77.1 Å². The summed E-state index contributed by atoms with van der Waals surface area (Å²) >= 11 is 1.30. The van der Waals surface area contributed by atoms with E-state index < -0.39 is 5.79 Å². The quantitative estimate of drug-likeness (QED) is 0.544. The fourth-order valence-corrected chi connectivity index (χ4v) is 6.45. The summed E-state index contributed by atoms with van der Waals surface area (Å²) < 4.78 is 18.1. The van der Waals surface area contributed by atoms with Gasteiger partial charge < -0.3 is 24.4 Å². The van der Waals surface area contributed by atoms with Gasteiger partial charge in [0, 0.05) is 37.9 Å². The van der Waals surface area contributed by atoms with Gasteiger partial charge in [0.2, 0.25) is 5.91 Å². The van der Waals surface area contributed by atoms with Gasteiger partial charge >= 0.3 is 0 Å². The molecule has 2 amide bonds. The van der Waals surface area contributed by atoms with Crippen molar-refractivity contribution in [1.29, 1.82) is 0 Å². The van der Waals surface area contributed by atoms with Crippen LogP contribution in [0.2, 0.25) is 0 Å². The maximum absolute atomic E-state index is 13.0. The molecule has 0 radical (unpaired) electrons. The van der Waals surface area contributed by atoms with E-state index in [1.165, 1.54) is 11.8 Å². The molecule has 3 aliphatic rings. The van der Waals surface area contributed by atoms with Crippen LogP contribution in [0.1, 0.15) is 57.4 Å². The number of allylic oxidation sites excluding steroid dienone is 3. The molecule has 36 heavy (non-hydrogen) atoms. The first kappa shape index (κ1) is 26.8.